The summed E-state index contributed by atoms with van der Waals surface area (Å²) in [6, 6.07) is 2.10. The summed E-state index contributed by atoms with van der Waals surface area (Å²) in [5.41, 5.74) is 0. The molecule has 2 aromatic rings. The number of nitrogens with one attached hydrogen (secondary N) is 2. The lowest BCUT2D eigenvalue weighted by molar-refractivity contribution is 0.733. The summed E-state index contributed by atoms with van der Waals surface area (Å²) >= 11 is 3.19. The third-order valence-corrected chi connectivity index (χ3v) is 4.06. The normalized spacial score (nSPS) is 12.2. The van der Waals surface area contributed by atoms with Gasteiger partial charge in [0.1, 0.15) is 16.6 Å². The standard InChI is InChI=1S/C12H17N5S2/c1-4-8(11-14-5-6-19-11)15-10-7-9(13-2)16-12(17-10)18-3/h5-8H,4H2,1-3H3,(H2,13,15,16,17). The molecule has 0 amide bonds. The van der Waals surface area contributed by atoms with Crippen LogP contribution in [-0.2, 0) is 0 Å². The summed E-state index contributed by atoms with van der Waals surface area (Å²) in [5, 5.41) is 10.3. The summed E-state index contributed by atoms with van der Waals surface area (Å²) in [5.74, 6) is 1.64. The molecule has 102 valence electrons. The van der Waals surface area contributed by atoms with Crippen LogP contribution in [0.5, 0.6) is 0 Å². The van der Waals surface area contributed by atoms with Gasteiger partial charge in [-0.3, -0.25) is 0 Å². The summed E-state index contributed by atoms with van der Waals surface area (Å²) in [4.78, 5) is 13.2. The van der Waals surface area contributed by atoms with Crippen molar-refractivity contribution >= 4 is 34.7 Å². The maximum atomic E-state index is 4.48. The van der Waals surface area contributed by atoms with Crippen LogP contribution in [0.3, 0.4) is 0 Å². The number of thiazole rings is 1. The van der Waals surface area contributed by atoms with Crippen molar-refractivity contribution in [2.24, 2.45) is 0 Å². The van der Waals surface area contributed by atoms with Crippen LogP contribution >= 0.6 is 23.1 Å². The van der Waals surface area contributed by atoms with Crippen molar-refractivity contribution in [3.05, 3.63) is 22.7 Å². The highest BCUT2D eigenvalue weighted by molar-refractivity contribution is 7.98. The van der Waals surface area contributed by atoms with Crippen LogP contribution in [0.4, 0.5) is 11.6 Å². The van der Waals surface area contributed by atoms with Crippen LogP contribution in [0.25, 0.3) is 0 Å². The molecule has 0 aliphatic rings. The maximum absolute atomic E-state index is 4.48. The molecule has 5 nitrogen and oxygen atoms in total. The molecule has 1 unspecified atom stereocenters. The highest BCUT2D eigenvalue weighted by Crippen LogP contribution is 2.25. The molecule has 0 aromatic carbocycles. The number of thioether (sulfide) groups is 1. The Hall–Kier alpha value is -1.34. The molecule has 0 fully saturated rings. The summed E-state index contributed by atoms with van der Waals surface area (Å²) < 4.78 is 0. The lowest BCUT2D eigenvalue weighted by Gasteiger charge is -2.16. The Morgan fingerprint density at radius 3 is 2.74 bits per heavy atom. The third-order valence-electron chi connectivity index (χ3n) is 2.62. The first-order valence-electron chi connectivity index (χ1n) is 6.03. The predicted molar refractivity (Wildman–Crippen MR) is 82.1 cm³/mol. The van der Waals surface area contributed by atoms with Crippen molar-refractivity contribution in [3.8, 4) is 0 Å². The minimum absolute atomic E-state index is 0.189. The van der Waals surface area contributed by atoms with Gasteiger partial charge < -0.3 is 10.6 Å². The van der Waals surface area contributed by atoms with Crippen molar-refractivity contribution in [2.45, 2.75) is 24.5 Å². The second-order valence-electron chi connectivity index (χ2n) is 3.85. The van der Waals surface area contributed by atoms with Gasteiger partial charge in [-0.1, -0.05) is 18.7 Å². The molecule has 2 rings (SSSR count). The van der Waals surface area contributed by atoms with Gasteiger partial charge in [0.25, 0.3) is 0 Å². The minimum atomic E-state index is 0.189. The van der Waals surface area contributed by atoms with Crippen LogP contribution in [0.2, 0.25) is 0 Å². The smallest absolute Gasteiger partial charge is 0.191 e. The van der Waals surface area contributed by atoms with Gasteiger partial charge in [0.15, 0.2) is 5.16 Å². The van der Waals surface area contributed by atoms with E-state index in [1.54, 1.807) is 11.3 Å². The molecule has 1 atom stereocenters. The van der Waals surface area contributed by atoms with Crippen molar-refractivity contribution in [1.29, 1.82) is 0 Å². The molecule has 19 heavy (non-hydrogen) atoms. The third kappa shape index (κ3) is 3.57. The van der Waals surface area contributed by atoms with Gasteiger partial charge in [0.05, 0.1) is 6.04 Å². The Labute approximate surface area is 121 Å². The van der Waals surface area contributed by atoms with E-state index in [-0.39, 0.29) is 6.04 Å². The van der Waals surface area contributed by atoms with Crippen molar-refractivity contribution < 1.29 is 0 Å². The Bertz CT molecular complexity index is 493. The summed E-state index contributed by atoms with van der Waals surface area (Å²) in [6.07, 6.45) is 4.76. The Balaban J connectivity index is 2.21. The molecule has 0 bridgehead atoms. The molecule has 7 heteroatoms. The van der Waals surface area contributed by atoms with E-state index in [1.165, 1.54) is 11.8 Å². The molecule has 0 saturated carbocycles. The molecule has 2 N–H and O–H groups in total. The second-order valence-corrected chi connectivity index (χ2v) is 5.55. The molecule has 0 aliphatic carbocycles. The monoisotopic (exact) mass is 295 g/mol. The highest BCUT2D eigenvalue weighted by atomic mass is 32.2. The van der Waals surface area contributed by atoms with E-state index in [0.29, 0.717) is 0 Å². The van der Waals surface area contributed by atoms with Crippen LogP contribution in [-0.4, -0.2) is 28.3 Å². The Morgan fingerprint density at radius 1 is 1.37 bits per heavy atom. The van der Waals surface area contributed by atoms with Crippen LogP contribution in [0, 0.1) is 0 Å². The molecule has 0 saturated heterocycles. The fraction of sp³-hybridized carbons (Fsp3) is 0.417. The van der Waals surface area contributed by atoms with E-state index >= 15 is 0 Å². The maximum Gasteiger partial charge on any atom is 0.191 e. The second kappa shape index (κ2) is 6.72. The van der Waals surface area contributed by atoms with Gasteiger partial charge in [-0.05, 0) is 12.7 Å². The lowest BCUT2D eigenvalue weighted by Crippen LogP contribution is -2.11. The number of rotatable bonds is 6. The zero-order chi connectivity index (χ0) is 13.7. The summed E-state index contributed by atoms with van der Waals surface area (Å²) in [6.45, 7) is 2.13. The van der Waals surface area contributed by atoms with Gasteiger partial charge in [-0.2, -0.15) is 0 Å². The van der Waals surface area contributed by atoms with Crippen molar-refractivity contribution in [1.82, 2.24) is 15.0 Å². The van der Waals surface area contributed by atoms with Crippen LogP contribution < -0.4 is 10.6 Å². The van der Waals surface area contributed by atoms with Gasteiger partial charge in [0.2, 0.25) is 0 Å². The Morgan fingerprint density at radius 2 is 2.16 bits per heavy atom. The number of hydrogen-bond donors (Lipinski definition) is 2. The van der Waals surface area contributed by atoms with E-state index in [0.717, 1.165) is 28.2 Å². The lowest BCUT2D eigenvalue weighted by atomic mass is 10.2. The topological polar surface area (TPSA) is 62.7 Å². The first-order valence-corrected chi connectivity index (χ1v) is 8.14. The van der Waals surface area contributed by atoms with Gasteiger partial charge in [-0.25, -0.2) is 15.0 Å². The average Bonchev–Trinajstić information content (AvgIpc) is 2.98. The minimum Gasteiger partial charge on any atom is -0.373 e. The van der Waals surface area contributed by atoms with E-state index < -0.39 is 0 Å². The van der Waals surface area contributed by atoms with Crippen LogP contribution in [0.15, 0.2) is 22.8 Å². The van der Waals surface area contributed by atoms with Gasteiger partial charge in [-0.15, -0.1) is 11.3 Å². The molecule has 0 spiro atoms. The zero-order valence-corrected chi connectivity index (χ0v) is 12.8. The number of aromatic nitrogens is 3. The van der Waals surface area contributed by atoms with Gasteiger partial charge in [0, 0.05) is 24.7 Å². The predicted octanol–water partition coefficient (Wildman–Crippen LogP) is 3.26. The largest absolute Gasteiger partial charge is 0.373 e. The molecule has 0 aliphatic heterocycles. The molecule has 2 heterocycles. The van der Waals surface area contributed by atoms with E-state index in [9.17, 15) is 0 Å². The van der Waals surface area contributed by atoms with Crippen molar-refractivity contribution in [3.63, 3.8) is 0 Å². The number of hydrogen-bond acceptors (Lipinski definition) is 7. The molecular formula is C12H17N5S2. The number of anilines is 2. The SMILES string of the molecule is CCC(Nc1cc(NC)nc(SC)n1)c1nccs1. The fourth-order valence-corrected chi connectivity index (χ4v) is 2.79. The first kappa shape index (κ1) is 14.1. The van der Waals surface area contributed by atoms with Crippen molar-refractivity contribution in [2.75, 3.05) is 23.9 Å². The Kier molecular flexibility index (Phi) is 4.98. The zero-order valence-electron chi connectivity index (χ0n) is 11.2. The van der Waals surface area contributed by atoms with E-state index in [1.807, 2.05) is 30.9 Å². The van der Waals surface area contributed by atoms with E-state index in [2.05, 4.69) is 32.5 Å². The molecular weight excluding hydrogens is 278 g/mol. The molecule has 0 radical (unpaired) electrons. The number of nitrogens with zero attached hydrogens (tertiary/aromatic N) is 3. The van der Waals surface area contributed by atoms with E-state index in [4.69, 9.17) is 0 Å². The average molecular weight is 295 g/mol. The highest BCUT2D eigenvalue weighted by Gasteiger charge is 2.13. The first-order chi connectivity index (χ1) is 9.26. The summed E-state index contributed by atoms with van der Waals surface area (Å²) in [7, 11) is 1.86. The fourth-order valence-electron chi connectivity index (χ4n) is 1.64. The van der Waals surface area contributed by atoms with Gasteiger partial charge >= 0.3 is 0 Å². The molecule has 2 aromatic heterocycles. The van der Waals surface area contributed by atoms with Crippen LogP contribution in [0.1, 0.15) is 24.4 Å². The quantitative estimate of drug-likeness (QED) is 0.630.